The summed E-state index contributed by atoms with van der Waals surface area (Å²) in [6, 6.07) is 9.54. The van der Waals surface area contributed by atoms with E-state index >= 15 is 0 Å². The largest absolute Gasteiger partial charge is 0.493 e. The zero-order chi connectivity index (χ0) is 13.3. The van der Waals surface area contributed by atoms with E-state index in [1.165, 1.54) is 5.57 Å². The molecule has 1 aliphatic heterocycles. The summed E-state index contributed by atoms with van der Waals surface area (Å²) in [6.45, 7) is 2.98. The monoisotopic (exact) mass is 260 g/mol. The van der Waals surface area contributed by atoms with E-state index in [0.29, 0.717) is 19.6 Å². The van der Waals surface area contributed by atoms with Gasteiger partial charge in [0.2, 0.25) is 5.91 Å². The van der Waals surface area contributed by atoms with E-state index in [0.717, 1.165) is 25.3 Å². The Morgan fingerprint density at radius 2 is 2.16 bits per heavy atom. The van der Waals surface area contributed by atoms with Gasteiger partial charge in [0.15, 0.2) is 0 Å². The molecule has 0 radical (unpaired) electrons. The van der Waals surface area contributed by atoms with Gasteiger partial charge < -0.3 is 15.4 Å². The molecule has 4 nitrogen and oxygen atoms in total. The summed E-state index contributed by atoms with van der Waals surface area (Å²) in [4.78, 5) is 11.6. The van der Waals surface area contributed by atoms with Gasteiger partial charge in [0.1, 0.15) is 5.75 Å². The molecule has 0 atom stereocenters. The second kappa shape index (κ2) is 7.59. The minimum atomic E-state index is 0.0374. The number of hydrogen-bond acceptors (Lipinski definition) is 3. The van der Waals surface area contributed by atoms with E-state index in [-0.39, 0.29) is 5.91 Å². The van der Waals surface area contributed by atoms with Gasteiger partial charge >= 0.3 is 0 Å². The molecule has 0 spiro atoms. The van der Waals surface area contributed by atoms with Crippen LogP contribution in [0.1, 0.15) is 12.8 Å². The highest BCUT2D eigenvalue weighted by molar-refractivity contribution is 5.76. The van der Waals surface area contributed by atoms with Crippen molar-refractivity contribution in [1.82, 2.24) is 10.6 Å². The van der Waals surface area contributed by atoms with Crippen molar-refractivity contribution in [3.63, 3.8) is 0 Å². The fraction of sp³-hybridized carbons (Fsp3) is 0.400. The normalized spacial score (nSPS) is 14.6. The molecule has 4 heteroatoms. The lowest BCUT2D eigenvalue weighted by molar-refractivity contribution is -0.121. The Hall–Kier alpha value is -1.81. The second-order valence-electron chi connectivity index (χ2n) is 4.50. The molecule has 0 saturated heterocycles. The SMILES string of the molecule is O=C(CCOc1ccccc1)NCC1=CCNCC1. The van der Waals surface area contributed by atoms with Crippen molar-refractivity contribution in [2.45, 2.75) is 12.8 Å². The average Bonchev–Trinajstić information content (AvgIpc) is 2.47. The van der Waals surface area contributed by atoms with Gasteiger partial charge in [-0.1, -0.05) is 29.8 Å². The Morgan fingerprint density at radius 3 is 2.89 bits per heavy atom. The van der Waals surface area contributed by atoms with Gasteiger partial charge in [-0.25, -0.2) is 0 Å². The number of ether oxygens (including phenoxy) is 1. The van der Waals surface area contributed by atoms with E-state index in [1.54, 1.807) is 0 Å². The van der Waals surface area contributed by atoms with E-state index in [4.69, 9.17) is 4.74 Å². The van der Waals surface area contributed by atoms with Crippen molar-refractivity contribution < 1.29 is 9.53 Å². The Bertz CT molecular complexity index is 429. The highest BCUT2D eigenvalue weighted by Gasteiger charge is 2.05. The molecule has 1 aliphatic rings. The van der Waals surface area contributed by atoms with Crippen molar-refractivity contribution in [3.05, 3.63) is 42.0 Å². The second-order valence-corrected chi connectivity index (χ2v) is 4.50. The van der Waals surface area contributed by atoms with Crippen LogP contribution in [0.25, 0.3) is 0 Å². The summed E-state index contributed by atoms with van der Waals surface area (Å²) >= 11 is 0. The van der Waals surface area contributed by atoms with E-state index in [2.05, 4.69) is 16.7 Å². The molecule has 1 aromatic rings. The fourth-order valence-electron chi connectivity index (χ4n) is 1.91. The molecule has 0 bridgehead atoms. The lowest BCUT2D eigenvalue weighted by Gasteiger charge is -2.14. The minimum Gasteiger partial charge on any atom is -0.493 e. The topological polar surface area (TPSA) is 50.4 Å². The number of carbonyl (C=O) groups excluding carboxylic acids is 1. The van der Waals surface area contributed by atoms with Gasteiger partial charge in [0.25, 0.3) is 0 Å². The predicted molar refractivity (Wildman–Crippen MR) is 75.1 cm³/mol. The third-order valence-corrected chi connectivity index (χ3v) is 3.01. The lowest BCUT2D eigenvalue weighted by atomic mass is 10.1. The van der Waals surface area contributed by atoms with E-state index in [1.807, 2.05) is 30.3 Å². The van der Waals surface area contributed by atoms with Gasteiger partial charge in [-0.15, -0.1) is 0 Å². The maximum atomic E-state index is 11.6. The lowest BCUT2D eigenvalue weighted by Crippen LogP contribution is -2.30. The number of hydrogen-bond donors (Lipinski definition) is 2. The maximum absolute atomic E-state index is 11.6. The quantitative estimate of drug-likeness (QED) is 0.762. The zero-order valence-corrected chi connectivity index (χ0v) is 11.0. The van der Waals surface area contributed by atoms with Gasteiger partial charge in [0.05, 0.1) is 13.0 Å². The molecule has 1 heterocycles. The Morgan fingerprint density at radius 1 is 1.32 bits per heavy atom. The summed E-state index contributed by atoms with van der Waals surface area (Å²) in [7, 11) is 0. The van der Waals surface area contributed by atoms with Crippen molar-refractivity contribution in [2.24, 2.45) is 0 Å². The Labute approximate surface area is 113 Å². The summed E-state index contributed by atoms with van der Waals surface area (Å²) in [5.41, 5.74) is 1.30. The minimum absolute atomic E-state index is 0.0374. The molecule has 19 heavy (non-hydrogen) atoms. The Kier molecular flexibility index (Phi) is 5.44. The van der Waals surface area contributed by atoms with E-state index in [9.17, 15) is 4.79 Å². The van der Waals surface area contributed by atoms with Crippen molar-refractivity contribution in [3.8, 4) is 5.75 Å². The van der Waals surface area contributed by atoms with Crippen LogP contribution in [0.5, 0.6) is 5.75 Å². The molecule has 0 aromatic heterocycles. The first-order valence-electron chi connectivity index (χ1n) is 6.68. The van der Waals surface area contributed by atoms with Gasteiger partial charge in [0, 0.05) is 13.1 Å². The molecule has 0 fully saturated rings. The number of benzene rings is 1. The Balaban J connectivity index is 1.61. The predicted octanol–water partition coefficient (Wildman–Crippen LogP) is 1.49. The zero-order valence-electron chi connectivity index (χ0n) is 11.0. The summed E-state index contributed by atoms with van der Waals surface area (Å²) in [6.07, 6.45) is 3.55. The average molecular weight is 260 g/mol. The summed E-state index contributed by atoms with van der Waals surface area (Å²) in [5.74, 6) is 0.840. The highest BCUT2D eigenvalue weighted by atomic mass is 16.5. The maximum Gasteiger partial charge on any atom is 0.223 e. The molecule has 0 unspecified atom stereocenters. The van der Waals surface area contributed by atoms with Crippen molar-refractivity contribution in [1.29, 1.82) is 0 Å². The highest BCUT2D eigenvalue weighted by Crippen LogP contribution is 2.08. The van der Waals surface area contributed by atoms with Crippen LogP contribution >= 0.6 is 0 Å². The number of para-hydroxylation sites is 1. The summed E-state index contributed by atoms with van der Waals surface area (Å²) < 4.78 is 5.48. The number of amides is 1. The van der Waals surface area contributed by atoms with E-state index < -0.39 is 0 Å². The van der Waals surface area contributed by atoms with Crippen LogP contribution in [0.15, 0.2) is 42.0 Å². The molecular formula is C15H20N2O2. The van der Waals surface area contributed by atoms with Crippen LogP contribution in [0.2, 0.25) is 0 Å². The first-order chi connectivity index (χ1) is 9.34. The molecule has 102 valence electrons. The first kappa shape index (κ1) is 13.6. The summed E-state index contributed by atoms with van der Waals surface area (Å²) in [5, 5.41) is 6.17. The standard InChI is InChI=1S/C15H20N2O2/c18-15(17-12-13-6-9-16-10-7-13)8-11-19-14-4-2-1-3-5-14/h1-6,16H,7-12H2,(H,17,18). The van der Waals surface area contributed by atoms with Crippen LogP contribution in [0.3, 0.4) is 0 Å². The number of carbonyl (C=O) groups is 1. The van der Waals surface area contributed by atoms with Crippen molar-refractivity contribution >= 4 is 5.91 Å². The van der Waals surface area contributed by atoms with Crippen LogP contribution in [0.4, 0.5) is 0 Å². The van der Waals surface area contributed by atoms with Gasteiger partial charge in [-0.05, 0) is 25.1 Å². The molecule has 0 aliphatic carbocycles. The molecular weight excluding hydrogens is 240 g/mol. The fourth-order valence-corrected chi connectivity index (χ4v) is 1.91. The molecule has 2 rings (SSSR count). The number of nitrogens with one attached hydrogen (secondary N) is 2. The van der Waals surface area contributed by atoms with Crippen LogP contribution in [0, 0.1) is 0 Å². The molecule has 1 aromatic carbocycles. The van der Waals surface area contributed by atoms with Crippen LogP contribution < -0.4 is 15.4 Å². The van der Waals surface area contributed by atoms with Gasteiger partial charge in [-0.2, -0.15) is 0 Å². The van der Waals surface area contributed by atoms with Gasteiger partial charge in [-0.3, -0.25) is 4.79 Å². The first-order valence-corrected chi connectivity index (χ1v) is 6.68. The molecule has 2 N–H and O–H groups in total. The molecule has 0 saturated carbocycles. The van der Waals surface area contributed by atoms with Crippen molar-refractivity contribution in [2.75, 3.05) is 26.2 Å². The molecule has 1 amide bonds. The third kappa shape index (κ3) is 5.14. The van der Waals surface area contributed by atoms with Crippen LogP contribution in [-0.4, -0.2) is 32.1 Å². The van der Waals surface area contributed by atoms with Crippen LogP contribution in [-0.2, 0) is 4.79 Å². The number of rotatable bonds is 6. The third-order valence-electron chi connectivity index (χ3n) is 3.01. The smallest absolute Gasteiger partial charge is 0.223 e.